The fraction of sp³-hybridized carbons (Fsp3) is 0.700. The van der Waals surface area contributed by atoms with E-state index in [2.05, 4.69) is 0 Å². The molecule has 2 aliphatic rings. The molecule has 1 unspecified atom stereocenters. The Morgan fingerprint density at radius 3 is 2.62 bits per heavy atom. The van der Waals surface area contributed by atoms with Crippen LogP contribution in [0.25, 0.3) is 0 Å². The average Bonchev–Trinajstić information content (AvgIpc) is 2.76. The van der Waals surface area contributed by atoms with Crippen LogP contribution in [-0.2, 0) is 19.0 Å². The molecule has 0 spiro atoms. The van der Waals surface area contributed by atoms with E-state index in [0.717, 1.165) is 0 Å². The predicted molar refractivity (Wildman–Crippen MR) is 51.7 cm³/mol. The second kappa shape index (κ2) is 3.64. The number of hydrogen-bond donors (Lipinski definition) is 2. The van der Waals surface area contributed by atoms with E-state index in [1.54, 1.807) is 6.92 Å². The smallest absolute Gasteiger partial charge is 0.377 e. The van der Waals surface area contributed by atoms with Gasteiger partial charge in [-0.3, -0.25) is 0 Å². The first-order chi connectivity index (χ1) is 7.47. The standard InChI is InChI=1S/C10H14O6/c1-3-10(2)14-4-5(16-10)8-6(11)7(12)9(13)15-8/h5,8,11-12H,3-4H2,1-2H3/t5-,8+,10?/m0/s1. The van der Waals surface area contributed by atoms with Crippen LogP contribution in [0.2, 0.25) is 0 Å². The lowest BCUT2D eigenvalue weighted by molar-refractivity contribution is -0.172. The molecule has 0 radical (unpaired) electrons. The van der Waals surface area contributed by atoms with Crippen molar-refractivity contribution in [1.29, 1.82) is 0 Å². The van der Waals surface area contributed by atoms with E-state index >= 15 is 0 Å². The minimum atomic E-state index is -0.971. The molecule has 0 aliphatic carbocycles. The van der Waals surface area contributed by atoms with Gasteiger partial charge in [0.25, 0.3) is 0 Å². The van der Waals surface area contributed by atoms with E-state index in [4.69, 9.17) is 19.3 Å². The van der Waals surface area contributed by atoms with E-state index in [-0.39, 0.29) is 6.61 Å². The number of cyclic esters (lactones) is 1. The molecule has 0 amide bonds. The highest BCUT2D eigenvalue weighted by Crippen LogP contribution is 2.33. The first-order valence-electron chi connectivity index (χ1n) is 5.11. The van der Waals surface area contributed by atoms with Gasteiger partial charge in [-0.25, -0.2) is 4.79 Å². The molecule has 0 aromatic heterocycles. The zero-order valence-electron chi connectivity index (χ0n) is 9.10. The van der Waals surface area contributed by atoms with Crippen molar-refractivity contribution >= 4 is 5.97 Å². The molecule has 1 fully saturated rings. The number of aliphatic hydroxyl groups excluding tert-OH is 2. The molecule has 2 rings (SSSR count). The average molecular weight is 230 g/mol. The van der Waals surface area contributed by atoms with Crippen molar-refractivity contribution in [2.75, 3.05) is 6.61 Å². The van der Waals surface area contributed by atoms with Crippen molar-refractivity contribution in [2.24, 2.45) is 0 Å². The summed E-state index contributed by atoms with van der Waals surface area (Å²) in [5, 5.41) is 18.6. The molecule has 2 heterocycles. The summed E-state index contributed by atoms with van der Waals surface area (Å²) in [4.78, 5) is 11.0. The zero-order chi connectivity index (χ0) is 11.9. The van der Waals surface area contributed by atoms with Crippen LogP contribution >= 0.6 is 0 Å². The van der Waals surface area contributed by atoms with E-state index in [9.17, 15) is 9.90 Å². The second-order valence-corrected chi connectivity index (χ2v) is 4.01. The largest absolute Gasteiger partial charge is 0.505 e. The zero-order valence-corrected chi connectivity index (χ0v) is 9.10. The van der Waals surface area contributed by atoms with Crippen molar-refractivity contribution in [3.8, 4) is 0 Å². The van der Waals surface area contributed by atoms with Gasteiger partial charge in [-0.1, -0.05) is 6.92 Å². The Labute approximate surface area is 92.4 Å². The maximum atomic E-state index is 11.0. The van der Waals surface area contributed by atoms with Gasteiger partial charge < -0.3 is 24.4 Å². The summed E-state index contributed by atoms with van der Waals surface area (Å²) < 4.78 is 15.7. The van der Waals surface area contributed by atoms with Gasteiger partial charge in [0.2, 0.25) is 5.76 Å². The number of ether oxygens (including phenoxy) is 3. The highest BCUT2D eigenvalue weighted by molar-refractivity contribution is 5.89. The highest BCUT2D eigenvalue weighted by atomic mass is 16.8. The Morgan fingerprint density at radius 1 is 1.50 bits per heavy atom. The van der Waals surface area contributed by atoms with Crippen LogP contribution in [0.5, 0.6) is 0 Å². The Morgan fingerprint density at radius 2 is 2.19 bits per heavy atom. The maximum absolute atomic E-state index is 11.0. The summed E-state index contributed by atoms with van der Waals surface area (Å²) in [6.45, 7) is 3.88. The Bertz CT molecular complexity index is 349. The first-order valence-corrected chi connectivity index (χ1v) is 5.11. The number of rotatable bonds is 2. The van der Waals surface area contributed by atoms with Crippen molar-refractivity contribution < 1.29 is 29.2 Å². The summed E-state index contributed by atoms with van der Waals surface area (Å²) in [5.41, 5.74) is 0. The predicted octanol–water partition coefficient (Wildman–Crippen LogP) is 0.781. The third kappa shape index (κ3) is 1.64. The highest BCUT2D eigenvalue weighted by Gasteiger charge is 2.47. The lowest BCUT2D eigenvalue weighted by Crippen LogP contribution is -2.33. The van der Waals surface area contributed by atoms with Crippen LogP contribution < -0.4 is 0 Å². The number of carbonyl (C=O) groups excluding carboxylic acids is 1. The number of aliphatic hydroxyl groups is 2. The molecule has 2 N–H and O–H groups in total. The molecule has 3 atom stereocenters. The minimum absolute atomic E-state index is 0.208. The molecule has 0 aromatic rings. The Hall–Kier alpha value is -1.27. The summed E-state index contributed by atoms with van der Waals surface area (Å²) in [7, 11) is 0. The summed E-state index contributed by atoms with van der Waals surface area (Å²) in [5.74, 6) is -2.90. The molecule has 0 saturated carbocycles. The van der Waals surface area contributed by atoms with E-state index in [1.807, 2.05) is 6.92 Å². The topological polar surface area (TPSA) is 85.2 Å². The van der Waals surface area contributed by atoms with Crippen LogP contribution in [0.1, 0.15) is 20.3 Å². The molecule has 6 nitrogen and oxygen atoms in total. The summed E-state index contributed by atoms with van der Waals surface area (Å²) in [6.07, 6.45) is -0.917. The fourth-order valence-electron chi connectivity index (χ4n) is 1.70. The second-order valence-electron chi connectivity index (χ2n) is 4.01. The molecule has 90 valence electrons. The molecule has 16 heavy (non-hydrogen) atoms. The van der Waals surface area contributed by atoms with Crippen LogP contribution in [0.15, 0.2) is 11.5 Å². The summed E-state index contributed by atoms with van der Waals surface area (Å²) in [6, 6.07) is 0. The van der Waals surface area contributed by atoms with Crippen molar-refractivity contribution in [2.45, 2.75) is 38.3 Å². The van der Waals surface area contributed by atoms with Crippen LogP contribution in [0, 0.1) is 0 Å². The van der Waals surface area contributed by atoms with Crippen molar-refractivity contribution in [3.05, 3.63) is 11.5 Å². The summed E-state index contributed by atoms with van der Waals surface area (Å²) >= 11 is 0. The number of esters is 1. The number of carbonyl (C=O) groups is 1. The molecule has 0 bridgehead atoms. The first kappa shape index (κ1) is 11.2. The van der Waals surface area contributed by atoms with Gasteiger partial charge in [-0.05, 0) is 13.3 Å². The monoisotopic (exact) mass is 230 g/mol. The van der Waals surface area contributed by atoms with Crippen LogP contribution in [-0.4, -0.2) is 40.8 Å². The molecule has 2 aliphatic heterocycles. The molecule has 1 saturated heterocycles. The van der Waals surface area contributed by atoms with E-state index in [1.165, 1.54) is 0 Å². The normalized spacial score (nSPS) is 39.2. The van der Waals surface area contributed by atoms with Gasteiger partial charge >= 0.3 is 5.97 Å². The molecular weight excluding hydrogens is 216 g/mol. The van der Waals surface area contributed by atoms with Crippen LogP contribution in [0.4, 0.5) is 0 Å². The van der Waals surface area contributed by atoms with Gasteiger partial charge in [0.15, 0.2) is 17.7 Å². The molecular formula is C10H14O6. The maximum Gasteiger partial charge on any atom is 0.377 e. The SMILES string of the molecule is CCC1(C)OC[C@@H]([C@H]2OC(=O)C(O)=C2O)O1. The van der Waals surface area contributed by atoms with E-state index in [0.29, 0.717) is 6.42 Å². The Kier molecular flexibility index (Phi) is 2.55. The molecule has 6 heteroatoms. The van der Waals surface area contributed by atoms with Crippen LogP contribution in [0.3, 0.4) is 0 Å². The minimum Gasteiger partial charge on any atom is -0.505 e. The van der Waals surface area contributed by atoms with Crippen molar-refractivity contribution in [1.82, 2.24) is 0 Å². The quantitative estimate of drug-likeness (QED) is 0.682. The number of hydrogen-bond acceptors (Lipinski definition) is 6. The molecule has 0 aromatic carbocycles. The van der Waals surface area contributed by atoms with Gasteiger partial charge in [0.05, 0.1) is 6.61 Å². The van der Waals surface area contributed by atoms with Gasteiger partial charge in [-0.2, -0.15) is 0 Å². The van der Waals surface area contributed by atoms with Crippen molar-refractivity contribution in [3.63, 3.8) is 0 Å². The van der Waals surface area contributed by atoms with Gasteiger partial charge in [-0.15, -0.1) is 0 Å². The van der Waals surface area contributed by atoms with E-state index < -0.39 is 35.5 Å². The third-order valence-electron chi connectivity index (χ3n) is 2.87. The lowest BCUT2D eigenvalue weighted by atomic mass is 10.2. The lowest BCUT2D eigenvalue weighted by Gasteiger charge is -2.22. The van der Waals surface area contributed by atoms with Gasteiger partial charge in [0.1, 0.15) is 6.10 Å². The van der Waals surface area contributed by atoms with Gasteiger partial charge in [0, 0.05) is 0 Å². The Balaban J connectivity index is 2.10. The third-order valence-corrected chi connectivity index (χ3v) is 2.87. The fourth-order valence-corrected chi connectivity index (χ4v) is 1.70.